The van der Waals surface area contributed by atoms with Gasteiger partial charge in [-0.05, 0) is 57.0 Å². The molecule has 0 bridgehead atoms. The van der Waals surface area contributed by atoms with Crippen molar-refractivity contribution in [3.63, 3.8) is 0 Å². The van der Waals surface area contributed by atoms with Crippen LogP contribution in [0.2, 0.25) is 0 Å². The molecule has 0 fully saturated rings. The number of nitrogens with zero attached hydrogens (tertiary/aromatic N) is 4. The van der Waals surface area contributed by atoms with E-state index in [1.54, 1.807) is 11.8 Å². The predicted molar refractivity (Wildman–Crippen MR) is 192 cm³/mol. The fourth-order valence-corrected chi connectivity index (χ4v) is 7.37. The van der Waals surface area contributed by atoms with E-state index in [-0.39, 0.29) is 0 Å². The Bertz CT molecular complexity index is 2420. The van der Waals surface area contributed by atoms with Crippen LogP contribution < -0.4 is 0 Å². The minimum Gasteiger partial charge on any atom is -0.249 e. The topological polar surface area (TPSA) is 51.6 Å². The molecule has 1 aliphatic rings. The fraction of sp³-hybridized carbons (Fsp3) is 0. The van der Waals surface area contributed by atoms with Gasteiger partial charge in [0, 0.05) is 33.2 Å². The van der Waals surface area contributed by atoms with E-state index in [0.29, 0.717) is 17.5 Å². The van der Waals surface area contributed by atoms with Crippen LogP contribution in [0.15, 0.2) is 168 Å². The van der Waals surface area contributed by atoms with Crippen molar-refractivity contribution < 1.29 is 0 Å². The number of fused-ring (bicyclic) bond motifs is 2. The summed E-state index contributed by atoms with van der Waals surface area (Å²) in [7, 11) is 0. The molecule has 0 amide bonds. The number of pyridine rings is 1. The molecular formula is C42H26N4S. The summed E-state index contributed by atoms with van der Waals surface area (Å²) in [6, 6.07) is 52.7. The first kappa shape index (κ1) is 27.4. The van der Waals surface area contributed by atoms with Gasteiger partial charge in [-0.1, -0.05) is 145 Å². The first-order valence-corrected chi connectivity index (χ1v) is 16.4. The maximum atomic E-state index is 5.02. The molecule has 47 heavy (non-hydrogen) atoms. The maximum Gasteiger partial charge on any atom is 0.164 e. The lowest BCUT2D eigenvalue weighted by molar-refractivity contribution is 1.07. The lowest BCUT2D eigenvalue weighted by Crippen LogP contribution is -2.00. The van der Waals surface area contributed by atoms with E-state index in [4.69, 9.17) is 19.9 Å². The van der Waals surface area contributed by atoms with Crippen molar-refractivity contribution in [2.75, 3.05) is 0 Å². The third-order valence-electron chi connectivity index (χ3n) is 8.61. The van der Waals surface area contributed by atoms with Crippen molar-refractivity contribution in [1.82, 2.24) is 19.9 Å². The van der Waals surface area contributed by atoms with Crippen LogP contribution in [0, 0.1) is 0 Å². The molecule has 0 N–H and O–H groups in total. The second-order valence-corrected chi connectivity index (χ2v) is 12.6. The van der Waals surface area contributed by atoms with Gasteiger partial charge < -0.3 is 0 Å². The largest absolute Gasteiger partial charge is 0.249 e. The standard InChI is InChI=1S/C42H26N4S/c1-3-9-27(10-4-1)28-17-19-31(20-18-28)40-44-39(30-11-5-2-6-12-30)45-41(46-40)34-15-7-14-32(25-34)33-21-22-35-36-16-8-13-29-23-24-43-42(38(29)36)47-37(35)26-33/h1-26H. The zero-order valence-electron chi connectivity index (χ0n) is 25.2. The first-order chi connectivity index (χ1) is 23.3. The summed E-state index contributed by atoms with van der Waals surface area (Å²) in [5.41, 5.74) is 9.88. The summed E-state index contributed by atoms with van der Waals surface area (Å²) in [6.07, 6.45) is 1.90. The van der Waals surface area contributed by atoms with Crippen molar-refractivity contribution >= 4 is 22.5 Å². The minimum absolute atomic E-state index is 0.639. The molecule has 6 aromatic carbocycles. The average molecular weight is 619 g/mol. The van der Waals surface area contributed by atoms with Gasteiger partial charge in [-0.3, -0.25) is 0 Å². The van der Waals surface area contributed by atoms with Crippen molar-refractivity contribution in [3.05, 3.63) is 158 Å². The number of rotatable bonds is 5. The molecular weight excluding hydrogens is 593 g/mol. The smallest absolute Gasteiger partial charge is 0.164 e. The summed E-state index contributed by atoms with van der Waals surface area (Å²) in [6.45, 7) is 0. The lowest BCUT2D eigenvalue weighted by Gasteiger charge is -2.20. The Hall–Kier alpha value is -5.91. The lowest BCUT2D eigenvalue weighted by atomic mass is 9.96. The van der Waals surface area contributed by atoms with Crippen LogP contribution in [0.3, 0.4) is 0 Å². The van der Waals surface area contributed by atoms with E-state index < -0.39 is 0 Å². The second-order valence-electron chi connectivity index (χ2n) is 11.5. The van der Waals surface area contributed by atoms with Gasteiger partial charge in [0.1, 0.15) is 5.03 Å². The van der Waals surface area contributed by atoms with Crippen LogP contribution in [0.5, 0.6) is 0 Å². The van der Waals surface area contributed by atoms with Crippen LogP contribution in [0.4, 0.5) is 0 Å². The molecule has 1 aliphatic heterocycles. The highest BCUT2D eigenvalue weighted by Crippen LogP contribution is 2.48. The second kappa shape index (κ2) is 11.5. The molecule has 0 unspecified atom stereocenters. The third kappa shape index (κ3) is 5.07. The highest BCUT2D eigenvalue weighted by atomic mass is 32.2. The minimum atomic E-state index is 0.639. The Morgan fingerprint density at radius 3 is 1.70 bits per heavy atom. The number of aromatic nitrogens is 4. The predicted octanol–water partition coefficient (Wildman–Crippen LogP) is 10.9. The molecule has 0 radical (unpaired) electrons. The molecule has 220 valence electrons. The molecule has 5 heteroatoms. The van der Waals surface area contributed by atoms with E-state index >= 15 is 0 Å². The highest BCUT2D eigenvalue weighted by molar-refractivity contribution is 7.99. The molecule has 0 saturated carbocycles. The van der Waals surface area contributed by atoms with Gasteiger partial charge in [0.2, 0.25) is 0 Å². The SMILES string of the molecule is c1ccc(-c2ccc(-c3nc(-c4ccccc4)nc(-c4cccc(-c5ccc6c(c5)Sc5nccc7cccc-6c57)c4)n3)cc2)cc1. The van der Waals surface area contributed by atoms with Gasteiger partial charge in [-0.2, -0.15) is 0 Å². The summed E-state index contributed by atoms with van der Waals surface area (Å²) in [5.74, 6) is 1.93. The Labute approximate surface area is 276 Å². The molecule has 0 aliphatic carbocycles. The highest BCUT2D eigenvalue weighted by Gasteiger charge is 2.21. The van der Waals surface area contributed by atoms with Gasteiger partial charge in [-0.15, -0.1) is 0 Å². The van der Waals surface area contributed by atoms with E-state index in [9.17, 15) is 0 Å². The van der Waals surface area contributed by atoms with Crippen molar-refractivity contribution in [3.8, 4) is 67.5 Å². The molecule has 0 saturated heterocycles. The Morgan fingerprint density at radius 2 is 0.936 bits per heavy atom. The first-order valence-electron chi connectivity index (χ1n) is 15.5. The molecule has 4 nitrogen and oxygen atoms in total. The maximum absolute atomic E-state index is 5.02. The van der Waals surface area contributed by atoms with Crippen LogP contribution in [-0.2, 0) is 0 Å². The number of hydrogen-bond acceptors (Lipinski definition) is 5. The van der Waals surface area contributed by atoms with Crippen LogP contribution >= 0.6 is 11.8 Å². The van der Waals surface area contributed by atoms with Crippen molar-refractivity contribution in [2.45, 2.75) is 9.92 Å². The van der Waals surface area contributed by atoms with E-state index in [1.807, 2.05) is 42.6 Å². The van der Waals surface area contributed by atoms with Crippen LogP contribution in [0.25, 0.3) is 78.3 Å². The zero-order valence-corrected chi connectivity index (χ0v) is 26.0. The summed E-state index contributed by atoms with van der Waals surface area (Å²) < 4.78 is 0. The van der Waals surface area contributed by atoms with Crippen molar-refractivity contribution in [1.29, 1.82) is 0 Å². The molecule has 9 rings (SSSR count). The van der Waals surface area contributed by atoms with Crippen molar-refractivity contribution in [2.24, 2.45) is 0 Å². The summed E-state index contributed by atoms with van der Waals surface area (Å²) >= 11 is 1.74. The van der Waals surface area contributed by atoms with Gasteiger partial charge in [0.25, 0.3) is 0 Å². The van der Waals surface area contributed by atoms with E-state index in [2.05, 4.69) is 115 Å². The molecule has 3 heterocycles. The fourth-order valence-electron chi connectivity index (χ4n) is 6.24. The Morgan fingerprint density at radius 1 is 0.383 bits per heavy atom. The zero-order chi connectivity index (χ0) is 31.2. The van der Waals surface area contributed by atoms with Gasteiger partial charge in [-0.25, -0.2) is 19.9 Å². The monoisotopic (exact) mass is 618 g/mol. The number of hydrogen-bond donors (Lipinski definition) is 0. The normalized spacial score (nSPS) is 11.7. The quantitative estimate of drug-likeness (QED) is 0.192. The summed E-state index contributed by atoms with van der Waals surface area (Å²) in [4.78, 5) is 20.9. The van der Waals surface area contributed by atoms with E-state index in [1.165, 1.54) is 32.4 Å². The van der Waals surface area contributed by atoms with Gasteiger partial charge >= 0.3 is 0 Å². The average Bonchev–Trinajstić information content (AvgIpc) is 3.15. The molecule has 2 aromatic heterocycles. The summed E-state index contributed by atoms with van der Waals surface area (Å²) in [5, 5.41) is 3.51. The molecule has 8 aromatic rings. The van der Waals surface area contributed by atoms with Gasteiger partial charge in [0.05, 0.1) is 0 Å². The molecule has 0 atom stereocenters. The Kier molecular flexibility index (Phi) is 6.69. The third-order valence-corrected chi connectivity index (χ3v) is 9.67. The van der Waals surface area contributed by atoms with Crippen LogP contribution in [0.1, 0.15) is 0 Å². The van der Waals surface area contributed by atoms with Crippen LogP contribution in [-0.4, -0.2) is 19.9 Å². The van der Waals surface area contributed by atoms with Gasteiger partial charge in [0.15, 0.2) is 17.5 Å². The Balaban J connectivity index is 1.11. The molecule has 0 spiro atoms. The number of benzene rings is 6. The van der Waals surface area contributed by atoms with E-state index in [0.717, 1.165) is 38.4 Å².